The van der Waals surface area contributed by atoms with Crippen LogP contribution in [0.5, 0.6) is 0 Å². The zero-order chi connectivity index (χ0) is 37.6. The van der Waals surface area contributed by atoms with E-state index >= 15 is 0 Å². The Morgan fingerprint density at radius 3 is 2.11 bits per heavy atom. The van der Waals surface area contributed by atoms with Crippen molar-refractivity contribution in [2.75, 3.05) is 19.8 Å². The highest BCUT2D eigenvalue weighted by Crippen LogP contribution is 2.44. The molecule has 4 N–H and O–H groups in total. The van der Waals surface area contributed by atoms with Gasteiger partial charge in [-0.25, -0.2) is 9.59 Å². The van der Waals surface area contributed by atoms with E-state index in [1.54, 1.807) is 12.2 Å². The molecular formula is C43H51N3O7. The number of hydrogen-bond acceptors (Lipinski definition) is 7. The van der Waals surface area contributed by atoms with Gasteiger partial charge in [-0.15, -0.1) is 13.2 Å². The maximum absolute atomic E-state index is 13.7. The molecule has 0 unspecified atom stereocenters. The van der Waals surface area contributed by atoms with E-state index in [4.69, 9.17) is 9.47 Å². The number of esters is 1. The Labute approximate surface area is 312 Å². The number of rotatable bonds is 19. The van der Waals surface area contributed by atoms with E-state index in [0.717, 1.165) is 40.7 Å². The molecule has 3 amide bonds. The first-order chi connectivity index (χ1) is 25.8. The fourth-order valence-corrected chi connectivity index (χ4v) is 7.40. The average Bonchev–Trinajstić information content (AvgIpc) is 3.77. The largest absolute Gasteiger partial charge is 0.462 e. The van der Waals surface area contributed by atoms with E-state index in [9.17, 15) is 24.3 Å². The summed E-state index contributed by atoms with van der Waals surface area (Å²) < 4.78 is 11.5. The molecule has 1 fully saturated rings. The fraction of sp³-hybridized carbons (Fsp3) is 0.395. The van der Waals surface area contributed by atoms with Gasteiger partial charge >= 0.3 is 12.1 Å². The second-order valence-corrected chi connectivity index (χ2v) is 14.0. The van der Waals surface area contributed by atoms with E-state index in [1.165, 1.54) is 0 Å². The molecule has 3 atom stereocenters. The van der Waals surface area contributed by atoms with Gasteiger partial charge in [-0.05, 0) is 66.3 Å². The van der Waals surface area contributed by atoms with Gasteiger partial charge in [0.1, 0.15) is 19.3 Å². The second-order valence-electron chi connectivity index (χ2n) is 14.0. The molecule has 0 saturated heterocycles. The highest BCUT2D eigenvalue weighted by molar-refractivity contribution is 5.87. The Hall–Kier alpha value is -5.22. The highest BCUT2D eigenvalue weighted by atomic mass is 16.6. The Balaban J connectivity index is 1.16. The predicted molar refractivity (Wildman–Crippen MR) is 204 cm³/mol. The summed E-state index contributed by atoms with van der Waals surface area (Å²) in [7, 11) is 0. The maximum atomic E-state index is 13.7. The first-order valence-electron chi connectivity index (χ1n) is 18.5. The monoisotopic (exact) mass is 721 g/mol. The molecule has 53 heavy (non-hydrogen) atoms. The van der Waals surface area contributed by atoms with Gasteiger partial charge in [0.2, 0.25) is 11.8 Å². The van der Waals surface area contributed by atoms with Crippen molar-refractivity contribution < 1.29 is 33.8 Å². The normalized spacial score (nSPS) is 15.9. The number of carbonyl (C=O) groups excluding carboxylic acids is 4. The van der Waals surface area contributed by atoms with Crippen LogP contribution in [-0.4, -0.2) is 66.4 Å². The maximum Gasteiger partial charge on any atom is 0.407 e. The molecule has 0 aromatic heterocycles. The number of carbonyl (C=O) groups is 4. The van der Waals surface area contributed by atoms with Gasteiger partial charge in [0.25, 0.3) is 0 Å². The Kier molecular flexibility index (Phi) is 14.0. The van der Waals surface area contributed by atoms with Crippen molar-refractivity contribution in [2.24, 2.45) is 5.92 Å². The van der Waals surface area contributed by atoms with Crippen LogP contribution in [-0.2, 0) is 30.3 Å². The first kappa shape index (κ1) is 39.0. The molecule has 1 saturated carbocycles. The van der Waals surface area contributed by atoms with Crippen LogP contribution in [0.2, 0.25) is 0 Å². The van der Waals surface area contributed by atoms with Crippen molar-refractivity contribution >= 4 is 23.9 Å². The summed E-state index contributed by atoms with van der Waals surface area (Å²) in [5.74, 6) is -2.14. The highest BCUT2D eigenvalue weighted by Gasteiger charge is 2.39. The van der Waals surface area contributed by atoms with Gasteiger partial charge in [0.15, 0.2) is 0 Å². The molecule has 2 aliphatic rings. The number of allylic oxidation sites excluding steroid dienone is 2. The molecule has 0 bridgehead atoms. The van der Waals surface area contributed by atoms with Crippen LogP contribution < -0.4 is 16.0 Å². The third-order valence-corrected chi connectivity index (χ3v) is 10.2. The van der Waals surface area contributed by atoms with Crippen molar-refractivity contribution in [3.05, 3.63) is 121 Å². The third-order valence-electron chi connectivity index (χ3n) is 10.2. The minimum Gasteiger partial charge on any atom is -0.462 e. The molecule has 0 radical (unpaired) electrons. The molecule has 10 nitrogen and oxygen atoms in total. The molecule has 3 aromatic carbocycles. The lowest BCUT2D eigenvalue weighted by atomic mass is 9.94. The number of hydrogen-bond donors (Lipinski definition) is 4. The lowest BCUT2D eigenvalue weighted by molar-refractivity contribution is -0.149. The molecular weight excluding hydrogens is 670 g/mol. The SMILES string of the molecule is C=CCC[C@H](NC(=O)OCC1c2ccccc2-c2ccccc21)C(=O)OCC1(NC(=O)[C@H](CC=C)CC(=O)N[C@H](CO)Cc2ccccc2)CCCC1. The molecule has 0 spiro atoms. The van der Waals surface area contributed by atoms with Crippen LogP contribution in [0, 0.1) is 5.92 Å². The van der Waals surface area contributed by atoms with Crippen LogP contribution in [0.1, 0.15) is 74.0 Å². The van der Waals surface area contributed by atoms with E-state index in [2.05, 4.69) is 41.2 Å². The van der Waals surface area contributed by atoms with Crippen LogP contribution in [0.25, 0.3) is 11.1 Å². The summed E-state index contributed by atoms with van der Waals surface area (Å²) in [6.45, 7) is 7.33. The summed E-state index contributed by atoms with van der Waals surface area (Å²) >= 11 is 0. The van der Waals surface area contributed by atoms with Crippen LogP contribution in [0.4, 0.5) is 4.79 Å². The van der Waals surface area contributed by atoms with Gasteiger partial charge in [-0.1, -0.05) is 104 Å². The van der Waals surface area contributed by atoms with Crippen molar-refractivity contribution in [1.29, 1.82) is 0 Å². The molecule has 2 aliphatic carbocycles. The minimum atomic E-state index is -0.981. The number of aliphatic hydroxyl groups is 1. The lowest BCUT2D eigenvalue weighted by Gasteiger charge is -2.32. The Bertz CT molecular complexity index is 1690. The number of aliphatic hydroxyl groups excluding tert-OH is 1. The molecule has 280 valence electrons. The van der Waals surface area contributed by atoms with Crippen molar-refractivity contribution in [2.45, 2.75) is 81.3 Å². The number of alkyl carbamates (subject to hydrolysis) is 1. The Morgan fingerprint density at radius 1 is 0.849 bits per heavy atom. The molecule has 0 aliphatic heterocycles. The van der Waals surface area contributed by atoms with Gasteiger partial charge in [-0.2, -0.15) is 0 Å². The summed E-state index contributed by atoms with van der Waals surface area (Å²) in [5.41, 5.74) is 4.57. The molecule has 5 rings (SSSR count). The van der Waals surface area contributed by atoms with E-state index < -0.39 is 35.6 Å². The third kappa shape index (κ3) is 10.4. The van der Waals surface area contributed by atoms with Gasteiger partial charge in [0.05, 0.1) is 24.1 Å². The Morgan fingerprint density at radius 2 is 1.49 bits per heavy atom. The molecule has 10 heteroatoms. The predicted octanol–water partition coefficient (Wildman–Crippen LogP) is 6.13. The average molecular weight is 722 g/mol. The summed E-state index contributed by atoms with van der Waals surface area (Å²) in [4.78, 5) is 53.3. The van der Waals surface area contributed by atoms with Crippen molar-refractivity contribution in [3.63, 3.8) is 0 Å². The second kappa shape index (κ2) is 19.0. The van der Waals surface area contributed by atoms with Crippen molar-refractivity contribution in [3.8, 4) is 11.1 Å². The van der Waals surface area contributed by atoms with Gasteiger partial charge in [0, 0.05) is 12.3 Å². The topological polar surface area (TPSA) is 143 Å². The summed E-state index contributed by atoms with van der Waals surface area (Å²) in [5, 5.41) is 18.6. The van der Waals surface area contributed by atoms with Crippen molar-refractivity contribution in [1.82, 2.24) is 16.0 Å². The zero-order valence-electron chi connectivity index (χ0n) is 30.3. The fourth-order valence-electron chi connectivity index (χ4n) is 7.40. The molecule has 0 heterocycles. The van der Waals surface area contributed by atoms with Crippen LogP contribution in [0.15, 0.2) is 104 Å². The standard InChI is InChI=1S/C43H51N3O7/c1-3-5-22-38(45-42(51)52-28-37-35-20-11-9-18-33(35)34-19-10-12-21-36(34)37)41(50)53-29-43(23-13-14-24-43)46-40(49)31(15-4-2)26-39(48)44-32(27-47)25-30-16-7-6-8-17-30/h3-4,6-12,16-21,31-32,37-38,47H,1-2,5,13-15,22-29H2,(H,44,48)(H,45,51)(H,46,49)/t31-,32+,38+/m1/s1. The number of benzene rings is 3. The van der Waals surface area contributed by atoms with E-state index in [0.29, 0.717) is 25.7 Å². The smallest absolute Gasteiger partial charge is 0.407 e. The molecule has 3 aromatic rings. The number of amides is 3. The number of nitrogens with one attached hydrogen (secondary N) is 3. The van der Waals surface area contributed by atoms with E-state index in [1.807, 2.05) is 66.7 Å². The van der Waals surface area contributed by atoms with Crippen LogP contribution in [0.3, 0.4) is 0 Å². The minimum absolute atomic E-state index is 0.0782. The summed E-state index contributed by atoms with van der Waals surface area (Å²) in [6, 6.07) is 24.2. The lowest BCUT2D eigenvalue weighted by Crippen LogP contribution is -2.53. The van der Waals surface area contributed by atoms with E-state index in [-0.39, 0.29) is 56.8 Å². The van der Waals surface area contributed by atoms with Crippen LogP contribution >= 0.6 is 0 Å². The first-order valence-corrected chi connectivity index (χ1v) is 18.5. The zero-order valence-corrected chi connectivity index (χ0v) is 30.3. The summed E-state index contributed by atoms with van der Waals surface area (Å²) in [6.07, 6.45) is 6.77. The van der Waals surface area contributed by atoms with Gasteiger partial charge in [-0.3, -0.25) is 9.59 Å². The number of ether oxygens (including phenoxy) is 2. The van der Waals surface area contributed by atoms with Gasteiger partial charge < -0.3 is 30.5 Å². The number of fused-ring (bicyclic) bond motifs is 3. The quantitative estimate of drug-likeness (QED) is 0.0862.